The van der Waals surface area contributed by atoms with E-state index >= 15 is 0 Å². The minimum atomic E-state index is 0.690. The topological polar surface area (TPSA) is 42.2 Å². The van der Waals surface area contributed by atoms with Crippen molar-refractivity contribution in [1.82, 2.24) is 14.6 Å². The summed E-state index contributed by atoms with van der Waals surface area (Å²) < 4.78 is 1.84. The predicted molar refractivity (Wildman–Crippen MR) is 103 cm³/mol. The van der Waals surface area contributed by atoms with Gasteiger partial charge in [-0.25, -0.2) is 4.98 Å². The highest BCUT2D eigenvalue weighted by Gasteiger charge is 2.12. The zero-order chi connectivity index (χ0) is 16.5. The van der Waals surface area contributed by atoms with Gasteiger partial charge < -0.3 is 5.32 Å². The first-order valence-electron chi connectivity index (χ1n) is 7.59. The van der Waals surface area contributed by atoms with Crippen LogP contribution in [0, 0.1) is 0 Å². The summed E-state index contributed by atoms with van der Waals surface area (Å²) in [5.41, 5.74) is 3.62. The molecule has 0 saturated heterocycles. The van der Waals surface area contributed by atoms with Crippen LogP contribution in [0.15, 0.2) is 54.0 Å². The molecular formula is C17H14BClN4S. The predicted octanol–water partition coefficient (Wildman–Crippen LogP) is 2.98. The van der Waals surface area contributed by atoms with E-state index in [1.807, 2.05) is 48.9 Å². The summed E-state index contributed by atoms with van der Waals surface area (Å²) in [5.74, 6) is 0.899. The summed E-state index contributed by atoms with van der Waals surface area (Å²) in [6, 6.07) is 13.9. The van der Waals surface area contributed by atoms with Gasteiger partial charge in [0.25, 0.3) is 0 Å². The van der Waals surface area contributed by atoms with Crippen LogP contribution in [0.1, 0.15) is 4.88 Å². The molecular weight excluding hydrogens is 339 g/mol. The van der Waals surface area contributed by atoms with Gasteiger partial charge in [-0.2, -0.15) is 9.61 Å². The molecule has 0 spiro atoms. The van der Waals surface area contributed by atoms with Crippen LogP contribution in [0.25, 0.3) is 16.9 Å². The zero-order valence-corrected chi connectivity index (χ0v) is 14.6. The number of aromatic nitrogens is 3. The average molecular weight is 353 g/mol. The molecule has 0 saturated carbocycles. The van der Waals surface area contributed by atoms with Crippen molar-refractivity contribution in [3.63, 3.8) is 0 Å². The van der Waals surface area contributed by atoms with Crippen molar-refractivity contribution in [2.24, 2.45) is 0 Å². The third kappa shape index (κ3) is 2.79. The van der Waals surface area contributed by atoms with Gasteiger partial charge in [-0.05, 0) is 23.0 Å². The maximum atomic E-state index is 6.35. The Kier molecular flexibility index (Phi) is 4.00. The fourth-order valence-electron chi connectivity index (χ4n) is 2.60. The number of nitrogens with zero attached hydrogens (tertiary/aromatic N) is 3. The summed E-state index contributed by atoms with van der Waals surface area (Å²) >= 11 is 8.08. The minimum absolute atomic E-state index is 0.690. The largest absolute Gasteiger partial charge is 0.365 e. The van der Waals surface area contributed by atoms with E-state index in [2.05, 4.69) is 27.9 Å². The standard InChI is InChI=1S/C17H14BClN4S/c18-13-10-21-23-16(20-9-11-4-3-7-24-11)8-15(22-17(13)23)12-5-1-2-6-14(12)19/h1-8,10,20H,9,18H2. The summed E-state index contributed by atoms with van der Waals surface area (Å²) in [6.07, 6.45) is 1.83. The Bertz CT molecular complexity index is 997. The van der Waals surface area contributed by atoms with Crippen LogP contribution in [0.5, 0.6) is 0 Å². The number of fused-ring (bicyclic) bond motifs is 1. The molecule has 4 rings (SSSR count). The smallest absolute Gasteiger partial charge is 0.151 e. The normalized spacial score (nSPS) is 11.0. The highest BCUT2D eigenvalue weighted by atomic mass is 35.5. The quantitative estimate of drug-likeness (QED) is 0.574. The summed E-state index contributed by atoms with van der Waals surface area (Å²) in [5, 5.41) is 10.7. The highest BCUT2D eigenvalue weighted by Crippen LogP contribution is 2.28. The van der Waals surface area contributed by atoms with E-state index in [4.69, 9.17) is 16.6 Å². The lowest BCUT2D eigenvalue weighted by Crippen LogP contribution is -2.09. The molecule has 7 heteroatoms. The van der Waals surface area contributed by atoms with Crippen molar-refractivity contribution in [2.75, 3.05) is 5.32 Å². The maximum absolute atomic E-state index is 6.35. The first kappa shape index (κ1) is 15.2. The van der Waals surface area contributed by atoms with Crippen molar-refractivity contribution in [1.29, 1.82) is 0 Å². The van der Waals surface area contributed by atoms with Gasteiger partial charge >= 0.3 is 0 Å². The van der Waals surface area contributed by atoms with Crippen LogP contribution >= 0.6 is 22.9 Å². The molecule has 0 aliphatic rings. The molecule has 24 heavy (non-hydrogen) atoms. The van der Waals surface area contributed by atoms with Crippen molar-refractivity contribution in [3.8, 4) is 11.3 Å². The van der Waals surface area contributed by atoms with Crippen LogP contribution in [-0.2, 0) is 6.54 Å². The van der Waals surface area contributed by atoms with Crippen LogP contribution in [0.2, 0.25) is 5.02 Å². The SMILES string of the molecule is Bc1cnn2c(NCc3cccs3)cc(-c3ccccc3Cl)nc12. The number of hydrogen-bond donors (Lipinski definition) is 1. The first-order valence-corrected chi connectivity index (χ1v) is 8.84. The third-order valence-electron chi connectivity index (χ3n) is 3.82. The Morgan fingerprint density at radius 3 is 2.88 bits per heavy atom. The van der Waals surface area contributed by atoms with Gasteiger partial charge in [-0.1, -0.05) is 35.9 Å². The molecule has 4 aromatic rings. The maximum Gasteiger partial charge on any atom is 0.151 e. The fourth-order valence-corrected chi connectivity index (χ4v) is 3.47. The lowest BCUT2D eigenvalue weighted by Gasteiger charge is -2.11. The molecule has 0 aliphatic heterocycles. The van der Waals surface area contributed by atoms with Crippen LogP contribution < -0.4 is 10.8 Å². The summed E-state index contributed by atoms with van der Waals surface area (Å²) in [4.78, 5) is 6.02. The van der Waals surface area contributed by atoms with Gasteiger partial charge in [0.2, 0.25) is 0 Å². The Morgan fingerprint density at radius 2 is 2.08 bits per heavy atom. The fraction of sp³-hybridized carbons (Fsp3) is 0.0588. The van der Waals surface area contributed by atoms with Crippen molar-refractivity contribution < 1.29 is 0 Å². The van der Waals surface area contributed by atoms with E-state index in [0.29, 0.717) is 5.02 Å². The molecule has 1 aromatic carbocycles. The Morgan fingerprint density at radius 1 is 1.21 bits per heavy atom. The number of anilines is 1. The summed E-state index contributed by atoms with van der Waals surface area (Å²) in [7, 11) is 2.01. The third-order valence-corrected chi connectivity index (χ3v) is 5.03. The van der Waals surface area contributed by atoms with E-state index in [-0.39, 0.29) is 0 Å². The van der Waals surface area contributed by atoms with Crippen LogP contribution in [0.3, 0.4) is 0 Å². The van der Waals surface area contributed by atoms with Crippen LogP contribution in [-0.4, -0.2) is 22.4 Å². The summed E-state index contributed by atoms with van der Waals surface area (Å²) in [6.45, 7) is 0.748. The van der Waals surface area contributed by atoms with Gasteiger partial charge in [0.05, 0.1) is 12.2 Å². The Balaban J connectivity index is 1.81. The van der Waals surface area contributed by atoms with Gasteiger partial charge in [-0.15, -0.1) is 11.3 Å². The minimum Gasteiger partial charge on any atom is -0.365 e. The van der Waals surface area contributed by atoms with Gasteiger partial charge in [0.15, 0.2) is 5.65 Å². The molecule has 0 bridgehead atoms. The van der Waals surface area contributed by atoms with E-state index in [0.717, 1.165) is 34.7 Å². The monoisotopic (exact) mass is 352 g/mol. The molecule has 0 unspecified atom stereocenters. The molecule has 0 amide bonds. The number of halogens is 1. The number of benzene rings is 1. The van der Waals surface area contributed by atoms with Gasteiger partial charge in [0, 0.05) is 27.7 Å². The van der Waals surface area contributed by atoms with Crippen LogP contribution in [0.4, 0.5) is 5.82 Å². The molecule has 3 heterocycles. The molecule has 0 aliphatic carbocycles. The second-order valence-corrected chi connectivity index (χ2v) is 6.94. The zero-order valence-electron chi connectivity index (χ0n) is 13.0. The Hall–Kier alpha value is -2.31. The first-order chi connectivity index (χ1) is 11.7. The number of hydrogen-bond acceptors (Lipinski definition) is 4. The Labute approximate surface area is 149 Å². The number of thiophene rings is 1. The van der Waals surface area contributed by atoms with E-state index in [1.165, 1.54) is 4.88 Å². The van der Waals surface area contributed by atoms with Crippen molar-refractivity contribution in [3.05, 3.63) is 63.9 Å². The van der Waals surface area contributed by atoms with E-state index in [9.17, 15) is 0 Å². The average Bonchev–Trinajstić information content (AvgIpc) is 3.23. The van der Waals surface area contributed by atoms with Crippen molar-refractivity contribution in [2.45, 2.75) is 6.54 Å². The van der Waals surface area contributed by atoms with Crippen molar-refractivity contribution >= 4 is 47.7 Å². The lowest BCUT2D eigenvalue weighted by molar-refractivity contribution is 0.929. The molecule has 3 aromatic heterocycles. The molecule has 118 valence electrons. The molecule has 4 nitrogen and oxygen atoms in total. The van der Waals surface area contributed by atoms with Gasteiger partial charge in [-0.3, -0.25) is 0 Å². The lowest BCUT2D eigenvalue weighted by atomic mass is 10.0. The second kappa shape index (κ2) is 6.30. The molecule has 0 fully saturated rings. The number of rotatable bonds is 4. The van der Waals surface area contributed by atoms with Gasteiger partial charge in [0.1, 0.15) is 13.7 Å². The molecule has 1 N–H and O–H groups in total. The second-order valence-electron chi connectivity index (χ2n) is 5.50. The van der Waals surface area contributed by atoms with E-state index in [1.54, 1.807) is 11.3 Å². The molecule has 0 atom stereocenters. The number of nitrogens with one attached hydrogen (secondary N) is 1. The molecule has 0 radical (unpaired) electrons. The highest BCUT2D eigenvalue weighted by molar-refractivity contribution is 7.09. The van der Waals surface area contributed by atoms with E-state index < -0.39 is 0 Å².